The first-order valence-electron chi connectivity index (χ1n) is 8.38. The molecule has 1 fully saturated rings. The summed E-state index contributed by atoms with van der Waals surface area (Å²) in [4.78, 5) is 16.5. The van der Waals surface area contributed by atoms with Gasteiger partial charge in [-0.3, -0.25) is 9.69 Å². The van der Waals surface area contributed by atoms with E-state index in [4.69, 9.17) is 4.74 Å². The van der Waals surface area contributed by atoms with Gasteiger partial charge in [0.1, 0.15) is 5.75 Å². The van der Waals surface area contributed by atoms with E-state index in [2.05, 4.69) is 11.8 Å². The Morgan fingerprint density at radius 1 is 1.22 bits per heavy atom. The Balaban J connectivity index is 1.84. The van der Waals surface area contributed by atoms with Crippen LogP contribution in [0.5, 0.6) is 5.75 Å². The normalized spacial score (nSPS) is 17.1. The standard InChI is InChI=1S/C18H28N2O3/c1-4-16(12-21)19-8-10-20(11-9-19)17(22)13-23-18-14(2)6-5-7-15(18)3/h5-7,16,21H,4,8-13H2,1-3H3. The fraction of sp³-hybridized carbons (Fsp3) is 0.611. The number of aliphatic hydroxyl groups is 1. The number of carbonyl (C=O) groups excluding carboxylic acids is 1. The second kappa shape index (κ2) is 8.31. The zero-order chi connectivity index (χ0) is 16.8. The molecule has 1 atom stereocenters. The number of benzene rings is 1. The first-order chi connectivity index (χ1) is 11.1. The van der Waals surface area contributed by atoms with Crippen molar-refractivity contribution in [3.05, 3.63) is 29.3 Å². The lowest BCUT2D eigenvalue weighted by atomic mass is 10.1. The first-order valence-corrected chi connectivity index (χ1v) is 8.38. The molecular weight excluding hydrogens is 292 g/mol. The summed E-state index contributed by atoms with van der Waals surface area (Å²) in [5.41, 5.74) is 2.10. The van der Waals surface area contributed by atoms with Gasteiger partial charge in [0.05, 0.1) is 6.61 Å². The molecule has 128 valence electrons. The minimum absolute atomic E-state index is 0.0318. The van der Waals surface area contributed by atoms with Crippen molar-refractivity contribution in [2.24, 2.45) is 0 Å². The molecule has 1 unspecified atom stereocenters. The monoisotopic (exact) mass is 320 g/mol. The topological polar surface area (TPSA) is 53.0 Å². The van der Waals surface area contributed by atoms with Crippen LogP contribution in [0.3, 0.4) is 0 Å². The predicted molar refractivity (Wildman–Crippen MR) is 90.7 cm³/mol. The van der Waals surface area contributed by atoms with Gasteiger partial charge in [-0.1, -0.05) is 25.1 Å². The van der Waals surface area contributed by atoms with Gasteiger partial charge in [-0.15, -0.1) is 0 Å². The zero-order valence-electron chi connectivity index (χ0n) is 14.4. The molecule has 0 aromatic heterocycles. The molecule has 1 N–H and O–H groups in total. The number of nitrogens with zero attached hydrogens (tertiary/aromatic N) is 2. The van der Waals surface area contributed by atoms with Gasteiger partial charge in [-0.05, 0) is 31.4 Å². The van der Waals surface area contributed by atoms with Crippen LogP contribution >= 0.6 is 0 Å². The fourth-order valence-electron chi connectivity index (χ4n) is 3.09. The Labute approximate surface area is 138 Å². The van der Waals surface area contributed by atoms with Crippen molar-refractivity contribution in [2.45, 2.75) is 33.2 Å². The number of ether oxygens (including phenoxy) is 1. The van der Waals surface area contributed by atoms with Gasteiger partial charge in [0, 0.05) is 32.2 Å². The summed E-state index contributed by atoms with van der Waals surface area (Å²) >= 11 is 0. The van der Waals surface area contributed by atoms with Crippen LogP contribution in [0.2, 0.25) is 0 Å². The minimum Gasteiger partial charge on any atom is -0.483 e. The van der Waals surface area contributed by atoms with E-state index >= 15 is 0 Å². The van der Waals surface area contributed by atoms with E-state index in [1.807, 2.05) is 36.9 Å². The van der Waals surface area contributed by atoms with Crippen LogP contribution in [-0.4, -0.2) is 66.2 Å². The van der Waals surface area contributed by atoms with Gasteiger partial charge < -0.3 is 14.7 Å². The first kappa shape index (κ1) is 17.8. The summed E-state index contributed by atoms with van der Waals surface area (Å²) in [7, 11) is 0. The highest BCUT2D eigenvalue weighted by Crippen LogP contribution is 2.22. The molecule has 1 aromatic carbocycles. The number of carbonyl (C=O) groups is 1. The summed E-state index contributed by atoms with van der Waals surface area (Å²) < 4.78 is 5.75. The highest BCUT2D eigenvalue weighted by atomic mass is 16.5. The number of hydrogen-bond donors (Lipinski definition) is 1. The molecule has 0 saturated carbocycles. The average molecular weight is 320 g/mol. The van der Waals surface area contributed by atoms with E-state index in [0.29, 0.717) is 13.1 Å². The Kier molecular flexibility index (Phi) is 6.42. The highest BCUT2D eigenvalue weighted by molar-refractivity contribution is 5.78. The van der Waals surface area contributed by atoms with Crippen LogP contribution in [0.4, 0.5) is 0 Å². The van der Waals surface area contributed by atoms with E-state index in [9.17, 15) is 9.90 Å². The number of amides is 1. The summed E-state index contributed by atoms with van der Waals surface area (Å²) in [5.74, 6) is 0.843. The molecule has 5 heteroatoms. The molecule has 1 aromatic rings. The number of aryl methyl sites for hydroxylation is 2. The van der Waals surface area contributed by atoms with Gasteiger partial charge in [-0.25, -0.2) is 0 Å². The summed E-state index contributed by atoms with van der Waals surface area (Å²) in [5, 5.41) is 9.37. The van der Waals surface area contributed by atoms with E-state index in [1.165, 1.54) is 0 Å². The number of hydrogen-bond acceptors (Lipinski definition) is 4. The van der Waals surface area contributed by atoms with E-state index in [0.717, 1.165) is 36.4 Å². The van der Waals surface area contributed by atoms with Gasteiger partial charge in [0.15, 0.2) is 6.61 Å². The lowest BCUT2D eigenvalue weighted by Crippen LogP contribution is -2.53. The largest absolute Gasteiger partial charge is 0.483 e. The molecule has 1 amide bonds. The summed E-state index contributed by atoms with van der Waals surface area (Å²) in [6, 6.07) is 6.18. The molecule has 0 spiro atoms. The van der Waals surface area contributed by atoms with Crippen molar-refractivity contribution in [1.29, 1.82) is 0 Å². The molecule has 23 heavy (non-hydrogen) atoms. The molecule has 5 nitrogen and oxygen atoms in total. The Morgan fingerprint density at radius 2 is 1.83 bits per heavy atom. The van der Waals surface area contributed by atoms with Gasteiger partial charge in [0.25, 0.3) is 5.91 Å². The van der Waals surface area contributed by atoms with Crippen molar-refractivity contribution < 1.29 is 14.6 Å². The number of para-hydroxylation sites is 1. The molecular formula is C18H28N2O3. The second-order valence-corrected chi connectivity index (χ2v) is 6.17. The smallest absolute Gasteiger partial charge is 0.260 e. The highest BCUT2D eigenvalue weighted by Gasteiger charge is 2.25. The number of piperazine rings is 1. The Hall–Kier alpha value is -1.59. The lowest BCUT2D eigenvalue weighted by molar-refractivity contribution is -0.135. The zero-order valence-corrected chi connectivity index (χ0v) is 14.4. The second-order valence-electron chi connectivity index (χ2n) is 6.17. The number of aliphatic hydroxyl groups excluding tert-OH is 1. The van der Waals surface area contributed by atoms with Crippen molar-refractivity contribution in [2.75, 3.05) is 39.4 Å². The third-order valence-corrected chi connectivity index (χ3v) is 4.61. The van der Waals surface area contributed by atoms with Crippen molar-refractivity contribution in [1.82, 2.24) is 9.80 Å². The van der Waals surface area contributed by atoms with E-state index in [1.54, 1.807) is 0 Å². The third kappa shape index (κ3) is 4.45. The number of rotatable bonds is 6. The molecule has 1 aliphatic heterocycles. The molecule has 1 aliphatic rings. The molecule has 0 aliphatic carbocycles. The van der Waals surface area contributed by atoms with Gasteiger partial charge in [-0.2, -0.15) is 0 Å². The van der Waals surface area contributed by atoms with E-state index < -0.39 is 0 Å². The maximum Gasteiger partial charge on any atom is 0.260 e. The van der Waals surface area contributed by atoms with Crippen LogP contribution in [-0.2, 0) is 4.79 Å². The third-order valence-electron chi connectivity index (χ3n) is 4.61. The van der Waals surface area contributed by atoms with Gasteiger partial charge >= 0.3 is 0 Å². The van der Waals surface area contributed by atoms with Crippen LogP contribution in [0.1, 0.15) is 24.5 Å². The van der Waals surface area contributed by atoms with Crippen molar-refractivity contribution >= 4 is 5.91 Å². The van der Waals surface area contributed by atoms with Crippen LogP contribution in [0, 0.1) is 13.8 Å². The van der Waals surface area contributed by atoms with Crippen LogP contribution < -0.4 is 4.74 Å². The average Bonchev–Trinajstić information content (AvgIpc) is 2.56. The predicted octanol–water partition coefficient (Wildman–Crippen LogP) is 1.60. The fourth-order valence-corrected chi connectivity index (χ4v) is 3.09. The SMILES string of the molecule is CCC(CO)N1CCN(C(=O)COc2c(C)cccc2C)CC1. The van der Waals surface area contributed by atoms with Crippen molar-refractivity contribution in [3.63, 3.8) is 0 Å². The quantitative estimate of drug-likeness (QED) is 0.865. The molecule has 1 saturated heterocycles. The summed E-state index contributed by atoms with van der Waals surface area (Å²) in [6.07, 6.45) is 0.931. The minimum atomic E-state index is 0.0318. The van der Waals surface area contributed by atoms with Gasteiger partial charge in [0.2, 0.25) is 0 Å². The molecule has 2 rings (SSSR count). The van der Waals surface area contributed by atoms with Crippen molar-refractivity contribution in [3.8, 4) is 5.75 Å². The van der Waals surface area contributed by atoms with E-state index in [-0.39, 0.29) is 25.2 Å². The molecule has 1 heterocycles. The summed E-state index contributed by atoms with van der Waals surface area (Å²) in [6.45, 7) is 9.36. The molecule has 0 radical (unpaired) electrons. The molecule has 0 bridgehead atoms. The maximum atomic E-state index is 12.3. The maximum absolute atomic E-state index is 12.3. The van der Waals surface area contributed by atoms with Crippen LogP contribution in [0.25, 0.3) is 0 Å². The Morgan fingerprint density at radius 3 is 2.35 bits per heavy atom. The van der Waals surface area contributed by atoms with Crippen LogP contribution in [0.15, 0.2) is 18.2 Å². The Bertz CT molecular complexity index is 501. The lowest BCUT2D eigenvalue weighted by Gasteiger charge is -2.38.